The Labute approximate surface area is 99.7 Å². The zero-order valence-electron chi connectivity index (χ0n) is 10.2. The Morgan fingerprint density at radius 3 is 2.76 bits per heavy atom. The number of nitrogens with one attached hydrogen (secondary N) is 1. The molecule has 6 heteroatoms. The summed E-state index contributed by atoms with van der Waals surface area (Å²) in [6.45, 7) is 1.80. The van der Waals surface area contributed by atoms with E-state index in [1.807, 2.05) is 0 Å². The number of carbonyl (C=O) groups excluding carboxylic acids is 1. The zero-order valence-corrected chi connectivity index (χ0v) is 10.2. The number of aryl methyl sites for hydroxylation is 1. The number of hydrogen-bond donors (Lipinski definition) is 1. The van der Waals surface area contributed by atoms with Crippen molar-refractivity contribution in [3.8, 4) is 0 Å². The summed E-state index contributed by atoms with van der Waals surface area (Å²) in [5.41, 5.74) is -0.465. The molecular weight excluding hydrogens is 222 g/mol. The molecule has 1 aromatic heterocycles. The first-order chi connectivity index (χ1) is 8.16. The van der Waals surface area contributed by atoms with Gasteiger partial charge in [0.15, 0.2) is 5.82 Å². The Balaban J connectivity index is 2.18. The lowest BCUT2D eigenvalue weighted by atomic mass is 9.96. The highest BCUT2D eigenvalue weighted by atomic mass is 16.5. The molecule has 0 atom stereocenters. The standard InChI is InChI=1S/C11H17N3O3/c1-8-12-10(14-17-8)11(5-3-4-6-11)13-9(15)7-16-2/h3-7H2,1-2H3,(H,13,15). The Morgan fingerprint density at radius 1 is 1.53 bits per heavy atom. The van der Waals surface area contributed by atoms with Gasteiger partial charge in [0.05, 0.1) is 0 Å². The first-order valence-electron chi connectivity index (χ1n) is 5.77. The average molecular weight is 239 g/mol. The van der Waals surface area contributed by atoms with Crippen molar-refractivity contribution < 1.29 is 14.1 Å². The maximum absolute atomic E-state index is 11.7. The SMILES string of the molecule is COCC(=O)NC1(c2noc(C)n2)CCCC1. The Bertz CT molecular complexity index is 396. The van der Waals surface area contributed by atoms with Gasteiger partial charge in [0, 0.05) is 14.0 Å². The predicted octanol–water partition coefficient (Wildman–Crippen LogP) is 0.910. The number of rotatable bonds is 4. The largest absolute Gasteiger partial charge is 0.375 e. The van der Waals surface area contributed by atoms with Gasteiger partial charge in [0.25, 0.3) is 0 Å². The van der Waals surface area contributed by atoms with Crippen molar-refractivity contribution in [3.63, 3.8) is 0 Å². The van der Waals surface area contributed by atoms with Crippen LogP contribution in [0.15, 0.2) is 4.52 Å². The molecule has 0 radical (unpaired) electrons. The highest BCUT2D eigenvalue weighted by Gasteiger charge is 2.41. The minimum absolute atomic E-state index is 0.0542. The van der Waals surface area contributed by atoms with Crippen molar-refractivity contribution in [2.75, 3.05) is 13.7 Å². The summed E-state index contributed by atoms with van der Waals surface area (Å²) < 4.78 is 9.82. The lowest BCUT2D eigenvalue weighted by molar-refractivity contribution is -0.127. The monoisotopic (exact) mass is 239 g/mol. The minimum atomic E-state index is -0.465. The molecule has 0 aliphatic heterocycles. The fourth-order valence-electron chi connectivity index (χ4n) is 2.31. The first-order valence-corrected chi connectivity index (χ1v) is 5.77. The molecule has 1 saturated carbocycles. The molecule has 1 aliphatic rings. The molecule has 0 spiro atoms. The highest BCUT2D eigenvalue weighted by molar-refractivity contribution is 5.78. The van der Waals surface area contributed by atoms with E-state index in [1.165, 1.54) is 7.11 Å². The number of aromatic nitrogens is 2. The lowest BCUT2D eigenvalue weighted by Crippen LogP contribution is -2.46. The van der Waals surface area contributed by atoms with Crippen LogP contribution in [0.3, 0.4) is 0 Å². The highest BCUT2D eigenvalue weighted by Crippen LogP contribution is 2.37. The molecule has 0 bridgehead atoms. The Hall–Kier alpha value is -1.43. The van der Waals surface area contributed by atoms with Crippen molar-refractivity contribution in [2.45, 2.75) is 38.1 Å². The summed E-state index contributed by atoms with van der Waals surface area (Å²) in [6.07, 6.45) is 3.81. The van der Waals surface area contributed by atoms with Crippen molar-refractivity contribution in [2.24, 2.45) is 0 Å². The third-order valence-corrected chi connectivity index (χ3v) is 3.07. The van der Waals surface area contributed by atoms with Crippen molar-refractivity contribution in [1.29, 1.82) is 0 Å². The van der Waals surface area contributed by atoms with Crippen LogP contribution in [0.5, 0.6) is 0 Å². The van der Waals surface area contributed by atoms with Crippen molar-refractivity contribution in [3.05, 3.63) is 11.7 Å². The number of carbonyl (C=O) groups is 1. The Kier molecular flexibility index (Phi) is 3.42. The fourth-order valence-corrected chi connectivity index (χ4v) is 2.31. The molecule has 1 aliphatic carbocycles. The van der Waals surface area contributed by atoms with Crippen molar-refractivity contribution >= 4 is 5.91 Å². The van der Waals surface area contributed by atoms with Gasteiger partial charge in [-0.25, -0.2) is 0 Å². The summed E-state index contributed by atoms with van der Waals surface area (Å²) >= 11 is 0. The molecule has 1 aromatic rings. The summed E-state index contributed by atoms with van der Waals surface area (Å²) in [6, 6.07) is 0. The van der Waals surface area contributed by atoms with Gasteiger partial charge in [0.1, 0.15) is 12.1 Å². The van der Waals surface area contributed by atoms with Crippen LogP contribution >= 0.6 is 0 Å². The topological polar surface area (TPSA) is 77.2 Å². The number of hydrogen-bond acceptors (Lipinski definition) is 5. The number of ether oxygens (including phenoxy) is 1. The molecular formula is C11H17N3O3. The third-order valence-electron chi connectivity index (χ3n) is 3.07. The second kappa shape index (κ2) is 4.83. The minimum Gasteiger partial charge on any atom is -0.375 e. The number of nitrogens with zero attached hydrogens (tertiary/aromatic N) is 2. The van der Waals surface area contributed by atoms with Crippen LogP contribution in [-0.2, 0) is 15.1 Å². The molecule has 0 aromatic carbocycles. The van der Waals surface area contributed by atoms with E-state index >= 15 is 0 Å². The fraction of sp³-hybridized carbons (Fsp3) is 0.727. The van der Waals surface area contributed by atoms with E-state index in [0.717, 1.165) is 25.7 Å². The summed E-state index contributed by atoms with van der Waals surface area (Å²) in [7, 11) is 1.50. The molecule has 94 valence electrons. The van der Waals surface area contributed by atoms with E-state index in [0.29, 0.717) is 11.7 Å². The molecule has 1 amide bonds. The summed E-state index contributed by atoms with van der Waals surface area (Å²) in [5, 5.41) is 6.92. The normalized spacial score (nSPS) is 18.2. The zero-order chi connectivity index (χ0) is 12.3. The van der Waals surface area contributed by atoms with Gasteiger partial charge in [0.2, 0.25) is 11.8 Å². The van der Waals surface area contributed by atoms with Gasteiger partial charge in [-0.15, -0.1) is 0 Å². The summed E-state index contributed by atoms with van der Waals surface area (Å²) in [5.74, 6) is 0.959. The smallest absolute Gasteiger partial charge is 0.246 e. The molecule has 0 unspecified atom stereocenters. The van der Waals surface area contributed by atoms with Gasteiger partial charge >= 0.3 is 0 Å². The number of methoxy groups -OCH3 is 1. The molecule has 6 nitrogen and oxygen atoms in total. The van der Waals surface area contributed by atoms with E-state index in [9.17, 15) is 4.79 Å². The second-order valence-corrected chi connectivity index (χ2v) is 4.41. The quantitative estimate of drug-likeness (QED) is 0.845. The lowest BCUT2D eigenvalue weighted by Gasteiger charge is -2.26. The van der Waals surface area contributed by atoms with Crippen LogP contribution in [0.1, 0.15) is 37.4 Å². The van der Waals surface area contributed by atoms with Crippen LogP contribution < -0.4 is 5.32 Å². The molecule has 2 rings (SSSR count). The van der Waals surface area contributed by atoms with Crippen LogP contribution in [-0.4, -0.2) is 29.8 Å². The van der Waals surface area contributed by atoms with E-state index in [1.54, 1.807) is 6.92 Å². The molecule has 1 fully saturated rings. The number of amides is 1. The van der Waals surface area contributed by atoms with E-state index < -0.39 is 5.54 Å². The van der Waals surface area contributed by atoms with Gasteiger partial charge in [-0.3, -0.25) is 4.79 Å². The molecule has 17 heavy (non-hydrogen) atoms. The van der Waals surface area contributed by atoms with E-state index in [-0.39, 0.29) is 12.5 Å². The van der Waals surface area contributed by atoms with Crippen LogP contribution in [0.25, 0.3) is 0 Å². The van der Waals surface area contributed by atoms with Gasteiger partial charge in [-0.05, 0) is 12.8 Å². The molecule has 1 N–H and O–H groups in total. The van der Waals surface area contributed by atoms with Crippen LogP contribution in [0, 0.1) is 6.92 Å². The Morgan fingerprint density at radius 2 is 2.24 bits per heavy atom. The second-order valence-electron chi connectivity index (χ2n) is 4.41. The van der Waals surface area contributed by atoms with Gasteiger partial charge in [-0.2, -0.15) is 4.98 Å². The molecule has 0 saturated heterocycles. The molecule has 1 heterocycles. The van der Waals surface area contributed by atoms with Gasteiger partial charge < -0.3 is 14.6 Å². The van der Waals surface area contributed by atoms with Crippen LogP contribution in [0.4, 0.5) is 0 Å². The third kappa shape index (κ3) is 2.46. The first kappa shape index (κ1) is 12.0. The van der Waals surface area contributed by atoms with E-state index in [2.05, 4.69) is 15.5 Å². The van der Waals surface area contributed by atoms with Gasteiger partial charge in [-0.1, -0.05) is 18.0 Å². The predicted molar refractivity (Wildman–Crippen MR) is 59.2 cm³/mol. The van der Waals surface area contributed by atoms with E-state index in [4.69, 9.17) is 9.26 Å². The van der Waals surface area contributed by atoms with Crippen molar-refractivity contribution in [1.82, 2.24) is 15.5 Å². The average Bonchev–Trinajstić information content (AvgIpc) is 2.88. The summed E-state index contributed by atoms with van der Waals surface area (Å²) in [4.78, 5) is 15.9. The maximum atomic E-state index is 11.7. The maximum Gasteiger partial charge on any atom is 0.246 e. The van der Waals surface area contributed by atoms with Crippen LogP contribution in [0.2, 0.25) is 0 Å².